The van der Waals surface area contributed by atoms with E-state index in [9.17, 15) is 13.2 Å². The summed E-state index contributed by atoms with van der Waals surface area (Å²) < 4.78 is 26.0. The molecule has 2 heterocycles. The van der Waals surface area contributed by atoms with Crippen LogP contribution in [0.25, 0.3) is 0 Å². The van der Waals surface area contributed by atoms with E-state index in [1.54, 1.807) is 23.6 Å². The molecular weight excluding hydrogens is 350 g/mol. The number of carbonyl (C=O) groups is 1. The van der Waals surface area contributed by atoms with E-state index in [1.807, 2.05) is 32.2 Å². The number of hydrogen-bond acceptors (Lipinski definition) is 5. The Morgan fingerprint density at radius 1 is 1.17 bits per heavy atom. The van der Waals surface area contributed by atoms with Gasteiger partial charge in [0.15, 0.2) is 9.84 Å². The van der Waals surface area contributed by atoms with E-state index in [4.69, 9.17) is 0 Å². The lowest BCUT2D eigenvalue weighted by molar-refractivity contribution is -0.122. The highest BCUT2D eigenvalue weighted by Crippen LogP contribution is 2.33. The lowest BCUT2D eigenvalue weighted by Gasteiger charge is -2.20. The summed E-state index contributed by atoms with van der Waals surface area (Å²) in [5.74, 6) is -0.125. The first-order chi connectivity index (χ1) is 10.7. The molecule has 0 aliphatic heterocycles. The Labute approximate surface area is 145 Å². The standard InChI is InChI=1S/C16H21NO3S3/c1-16(2,3)10-14(18)17-11-13(12-6-4-8-21-12)23(19,20)15-7-5-9-22-15/h4-9,13H,10-11H2,1-3H3,(H,17,18)/t13-/m0/s1. The molecule has 23 heavy (non-hydrogen) atoms. The molecule has 1 N–H and O–H groups in total. The molecule has 0 radical (unpaired) electrons. The molecule has 4 nitrogen and oxygen atoms in total. The van der Waals surface area contributed by atoms with Crippen molar-refractivity contribution in [3.05, 3.63) is 39.9 Å². The summed E-state index contributed by atoms with van der Waals surface area (Å²) >= 11 is 2.60. The highest BCUT2D eigenvalue weighted by molar-refractivity contribution is 7.93. The molecule has 0 bridgehead atoms. The summed E-state index contributed by atoms with van der Waals surface area (Å²) in [6.45, 7) is 6.03. The van der Waals surface area contributed by atoms with Gasteiger partial charge in [-0.1, -0.05) is 32.9 Å². The van der Waals surface area contributed by atoms with Gasteiger partial charge in [-0.25, -0.2) is 8.42 Å². The average Bonchev–Trinajstić information content (AvgIpc) is 3.10. The third kappa shape index (κ3) is 4.89. The Balaban J connectivity index is 2.19. The second-order valence-electron chi connectivity index (χ2n) is 6.52. The third-order valence-corrected chi connectivity index (χ3v) is 7.84. The number of rotatable bonds is 6. The molecule has 0 aromatic carbocycles. The molecule has 2 aromatic rings. The molecule has 0 spiro atoms. The van der Waals surface area contributed by atoms with E-state index in [2.05, 4.69) is 5.32 Å². The van der Waals surface area contributed by atoms with Crippen LogP contribution < -0.4 is 5.32 Å². The van der Waals surface area contributed by atoms with Crippen LogP contribution in [-0.4, -0.2) is 20.9 Å². The highest BCUT2D eigenvalue weighted by Gasteiger charge is 2.31. The van der Waals surface area contributed by atoms with Crippen molar-refractivity contribution in [2.75, 3.05) is 6.54 Å². The van der Waals surface area contributed by atoms with Crippen LogP contribution >= 0.6 is 22.7 Å². The van der Waals surface area contributed by atoms with E-state index < -0.39 is 15.1 Å². The fourth-order valence-corrected chi connectivity index (χ4v) is 6.14. The minimum Gasteiger partial charge on any atom is -0.354 e. The quantitative estimate of drug-likeness (QED) is 0.838. The summed E-state index contributed by atoms with van der Waals surface area (Å²) in [7, 11) is -3.51. The zero-order chi connectivity index (χ0) is 17.1. The van der Waals surface area contributed by atoms with Crippen LogP contribution in [-0.2, 0) is 14.6 Å². The maximum Gasteiger partial charge on any atom is 0.220 e. The Hall–Kier alpha value is -1.18. The molecule has 0 unspecified atom stereocenters. The van der Waals surface area contributed by atoms with E-state index in [1.165, 1.54) is 22.7 Å². The second-order valence-corrected chi connectivity index (χ2v) is 10.8. The van der Waals surface area contributed by atoms with Gasteiger partial charge in [0, 0.05) is 17.8 Å². The molecule has 0 saturated heterocycles. The Bertz CT molecular complexity index is 726. The largest absolute Gasteiger partial charge is 0.354 e. The van der Waals surface area contributed by atoms with Gasteiger partial charge >= 0.3 is 0 Å². The van der Waals surface area contributed by atoms with Crippen LogP contribution in [0.1, 0.15) is 37.3 Å². The van der Waals surface area contributed by atoms with Crippen molar-refractivity contribution >= 4 is 38.4 Å². The molecule has 0 fully saturated rings. The zero-order valence-electron chi connectivity index (χ0n) is 13.4. The van der Waals surface area contributed by atoms with Crippen molar-refractivity contribution < 1.29 is 13.2 Å². The normalized spacial score (nSPS) is 13.7. The van der Waals surface area contributed by atoms with Crippen molar-refractivity contribution in [1.82, 2.24) is 5.32 Å². The number of nitrogens with one attached hydrogen (secondary N) is 1. The molecule has 0 aliphatic rings. The fraction of sp³-hybridized carbons (Fsp3) is 0.438. The van der Waals surface area contributed by atoms with Crippen LogP contribution in [0.2, 0.25) is 0 Å². The molecule has 1 atom stereocenters. The molecule has 2 rings (SSSR count). The van der Waals surface area contributed by atoms with Crippen molar-refractivity contribution in [3.8, 4) is 0 Å². The average molecular weight is 372 g/mol. The van der Waals surface area contributed by atoms with Gasteiger partial charge in [-0.05, 0) is 28.3 Å². The van der Waals surface area contributed by atoms with Gasteiger partial charge in [-0.2, -0.15) is 0 Å². The molecular formula is C16H21NO3S3. The Morgan fingerprint density at radius 3 is 2.35 bits per heavy atom. The monoisotopic (exact) mass is 371 g/mol. The lowest BCUT2D eigenvalue weighted by Crippen LogP contribution is -2.33. The number of hydrogen-bond donors (Lipinski definition) is 1. The summed E-state index contributed by atoms with van der Waals surface area (Å²) in [5, 5.41) is 5.64. The van der Waals surface area contributed by atoms with Crippen molar-refractivity contribution in [1.29, 1.82) is 0 Å². The lowest BCUT2D eigenvalue weighted by atomic mass is 9.92. The van der Waals surface area contributed by atoms with Crippen molar-refractivity contribution in [2.24, 2.45) is 5.41 Å². The molecule has 1 amide bonds. The summed E-state index contributed by atoms with van der Waals surface area (Å²) in [4.78, 5) is 12.8. The molecule has 2 aromatic heterocycles. The number of sulfone groups is 1. The van der Waals surface area contributed by atoms with Crippen LogP contribution in [0.15, 0.2) is 39.2 Å². The van der Waals surface area contributed by atoms with Gasteiger partial charge in [-0.15, -0.1) is 22.7 Å². The number of carbonyl (C=O) groups excluding carboxylic acids is 1. The van der Waals surface area contributed by atoms with E-state index >= 15 is 0 Å². The number of amides is 1. The first-order valence-electron chi connectivity index (χ1n) is 7.28. The van der Waals surface area contributed by atoms with Gasteiger partial charge < -0.3 is 5.32 Å². The Morgan fingerprint density at radius 2 is 1.83 bits per heavy atom. The van der Waals surface area contributed by atoms with E-state index in [-0.39, 0.29) is 17.9 Å². The van der Waals surface area contributed by atoms with E-state index in [0.29, 0.717) is 10.6 Å². The fourth-order valence-electron chi connectivity index (χ4n) is 2.15. The topological polar surface area (TPSA) is 63.2 Å². The van der Waals surface area contributed by atoms with Gasteiger partial charge in [0.25, 0.3) is 0 Å². The van der Waals surface area contributed by atoms with Gasteiger partial charge in [0.2, 0.25) is 5.91 Å². The zero-order valence-corrected chi connectivity index (χ0v) is 15.9. The minimum absolute atomic E-state index is 0.0929. The molecule has 0 aliphatic carbocycles. The van der Waals surface area contributed by atoms with Crippen molar-refractivity contribution in [3.63, 3.8) is 0 Å². The van der Waals surface area contributed by atoms with Crippen LogP contribution in [0.5, 0.6) is 0 Å². The van der Waals surface area contributed by atoms with Crippen LogP contribution in [0.3, 0.4) is 0 Å². The maximum atomic E-state index is 12.9. The van der Waals surface area contributed by atoms with Gasteiger partial charge in [0.05, 0.1) is 0 Å². The minimum atomic E-state index is -3.51. The Kier molecular flexibility index (Phi) is 5.65. The summed E-state index contributed by atoms with van der Waals surface area (Å²) in [6, 6.07) is 6.96. The van der Waals surface area contributed by atoms with Crippen molar-refractivity contribution in [2.45, 2.75) is 36.7 Å². The van der Waals surface area contributed by atoms with E-state index in [0.717, 1.165) is 4.88 Å². The first-order valence-corrected chi connectivity index (χ1v) is 10.6. The molecule has 0 saturated carbocycles. The summed E-state index contributed by atoms with van der Waals surface area (Å²) in [5.41, 5.74) is -0.130. The van der Waals surface area contributed by atoms with Gasteiger partial charge in [-0.3, -0.25) is 4.79 Å². The molecule has 126 valence electrons. The highest BCUT2D eigenvalue weighted by atomic mass is 32.2. The predicted molar refractivity (Wildman–Crippen MR) is 95.6 cm³/mol. The number of thiophene rings is 2. The maximum absolute atomic E-state index is 12.9. The summed E-state index contributed by atoms with van der Waals surface area (Å²) in [6.07, 6.45) is 0.364. The van der Waals surface area contributed by atoms with Crippen LogP contribution in [0.4, 0.5) is 0 Å². The van der Waals surface area contributed by atoms with Crippen LogP contribution in [0, 0.1) is 5.41 Å². The first kappa shape index (κ1) is 18.2. The van der Waals surface area contributed by atoms with Gasteiger partial charge in [0.1, 0.15) is 9.46 Å². The molecule has 7 heteroatoms. The predicted octanol–water partition coefficient (Wildman–Crippen LogP) is 3.88. The smallest absolute Gasteiger partial charge is 0.220 e. The third-order valence-electron chi connectivity index (χ3n) is 3.19. The SMILES string of the molecule is CC(C)(C)CC(=O)NC[C@@H](c1cccs1)S(=O)(=O)c1cccs1. The second kappa shape index (κ2) is 7.15.